The predicted molar refractivity (Wildman–Crippen MR) is 84.8 cm³/mol. The van der Waals surface area contributed by atoms with Crippen molar-refractivity contribution in [2.45, 2.75) is 46.6 Å². The van der Waals surface area contributed by atoms with Crippen molar-refractivity contribution in [3.63, 3.8) is 0 Å². The molecule has 0 bridgehead atoms. The maximum Gasteiger partial charge on any atom is 0.232 e. The molecule has 0 spiro atoms. The molecular weight excluding hydrogens is 264 g/mol. The van der Waals surface area contributed by atoms with Crippen LogP contribution in [0.15, 0.2) is 24.3 Å². The van der Waals surface area contributed by atoms with Gasteiger partial charge in [0.25, 0.3) is 0 Å². The molecule has 1 aromatic rings. The second-order valence-corrected chi connectivity index (χ2v) is 5.32. The van der Waals surface area contributed by atoms with Crippen LogP contribution in [-0.4, -0.2) is 29.8 Å². The average molecular weight is 290 g/mol. The van der Waals surface area contributed by atoms with Crippen LogP contribution in [0.5, 0.6) is 0 Å². The van der Waals surface area contributed by atoms with Gasteiger partial charge in [0.1, 0.15) is 6.42 Å². The highest BCUT2D eigenvalue weighted by Gasteiger charge is 2.15. The maximum atomic E-state index is 12.1. The average Bonchev–Trinajstić information content (AvgIpc) is 2.46. The standard InChI is InChI=1S/C17H26N2O2/c1-4-10-19(11-5-2)17(21)12-16(20)18-13-15-8-6-14(3)7-9-15/h6-9H,4-5,10-13H2,1-3H3,(H,18,20). The van der Waals surface area contributed by atoms with Crippen LogP contribution in [-0.2, 0) is 16.1 Å². The monoisotopic (exact) mass is 290 g/mol. The summed E-state index contributed by atoms with van der Waals surface area (Å²) >= 11 is 0. The number of hydrogen-bond donors (Lipinski definition) is 1. The van der Waals surface area contributed by atoms with Gasteiger partial charge in [0, 0.05) is 19.6 Å². The zero-order valence-electron chi connectivity index (χ0n) is 13.3. The highest BCUT2D eigenvalue weighted by molar-refractivity contribution is 5.96. The zero-order valence-corrected chi connectivity index (χ0v) is 13.3. The first-order valence-electron chi connectivity index (χ1n) is 7.66. The van der Waals surface area contributed by atoms with E-state index >= 15 is 0 Å². The number of nitrogens with one attached hydrogen (secondary N) is 1. The van der Waals surface area contributed by atoms with E-state index in [1.165, 1.54) is 5.56 Å². The Labute approximate surface area is 127 Å². The van der Waals surface area contributed by atoms with Gasteiger partial charge in [0.05, 0.1) is 0 Å². The van der Waals surface area contributed by atoms with Crippen LogP contribution in [0.1, 0.15) is 44.2 Å². The molecule has 0 unspecified atom stereocenters. The topological polar surface area (TPSA) is 49.4 Å². The van der Waals surface area contributed by atoms with Crippen molar-refractivity contribution < 1.29 is 9.59 Å². The Morgan fingerprint density at radius 3 is 2.14 bits per heavy atom. The number of nitrogens with zero attached hydrogens (tertiary/aromatic N) is 1. The number of amides is 2. The predicted octanol–water partition coefficient (Wildman–Crippen LogP) is 2.65. The van der Waals surface area contributed by atoms with Gasteiger partial charge in [0.2, 0.25) is 11.8 Å². The molecule has 0 saturated carbocycles. The molecule has 2 amide bonds. The fourth-order valence-electron chi connectivity index (χ4n) is 2.12. The Bertz CT molecular complexity index is 448. The van der Waals surface area contributed by atoms with Crippen molar-refractivity contribution >= 4 is 11.8 Å². The zero-order chi connectivity index (χ0) is 15.7. The third-order valence-electron chi connectivity index (χ3n) is 3.26. The molecule has 0 saturated heterocycles. The van der Waals surface area contributed by atoms with Crippen LogP contribution >= 0.6 is 0 Å². The third kappa shape index (κ3) is 6.43. The maximum absolute atomic E-state index is 12.1. The first-order chi connectivity index (χ1) is 10.1. The molecule has 4 heteroatoms. The minimum Gasteiger partial charge on any atom is -0.352 e. The molecule has 0 aliphatic carbocycles. The Balaban J connectivity index is 2.41. The molecule has 116 valence electrons. The highest BCUT2D eigenvalue weighted by Crippen LogP contribution is 2.03. The van der Waals surface area contributed by atoms with E-state index in [9.17, 15) is 9.59 Å². The first kappa shape index (κ1) is 17.2. The summed E-state index contributed by atoms with van der Waals surface area (Å²) in [7, 11) is 0. The lowest BCUT2D eigenvalue weighted by Crippen LogP contribution is -2.36. The second kappa shape index (κ2) is 9.16. The van der Waals surface area contributed by atoms with E-state index in [-0.39, 0.29) is 18.2 Å². The number of carbonyl (C=O) groups is 2. The lowest BCUT2D eigenvalue weighted by atomic mass is 10.1. The lowest BCUT2D eigenvalue weighted by Gasteiger charge is -2.21. The van der Waals surface area contributed by atoms with Gasteiger partial charge < -0.3 is 10.2 Å². The minimum absolute atomic E-state index is 0.0636. The van der Waals surface area contributed by atoms with E-state index in [0.717, 1.165) is 31.5 Å². The van der Waals surface area contributed by atoms with Crippen molar-refractivity contribution in [1.82, 2.24) is 10.2 Å². The first-order valence-corrected chi connectivity index (χ1v) is 7.66. The molecule has 21 heavy (non-hydrogen) atoms. The molecule has 1 N–H and O–H groups in total. The fraction of sp³-hybridized carbons (Fsp3) is 0.529. The second-order valence-electron chi connectivity index (χ2n) is 5.32. The molecule has 0 aliphatic heterocycles. The number of carbonyl (C=O) groups excluding carboxylic acids is 2. The van der Waals surface area contributed by atoms with Gasteiger partial charge in [0.15, 0.2) is 0 Å². The van der Waals surface area contributed by atoms with E-state index in [4.69, 9.17) is 0 Å². The minimum atomic E-state index is -0.210. The van der Waals surface area contributed by atoms with Crippen molar-refractivity contribution in [3.8, 4) is 0 Å². The van der Waals surface area contributed by atoms with Crippen LogP contribution < -0.4 is 5.32 Å². The van der Waals surface area contributed by atoms with Gasteiger partial charge in [-0.1, -0.05) is 43.7 Å². The third-order valence-corrected chi connectivity index (χ3v) is 3.26. The van der Waals surface area contributed by atoms with Gasteiger partial charge >= 0.3 is 0 Å². The van der Waals surface area contributed by atoms with Gasteiger partial charge in [-0.05, 0) is 25.3 Å². The molecule has 0 aromatic heterocycles. The molecular formula is C17H26N2O2. The quantitative estimate of drug-likeness (QED) is 0.748. The summed E-state index contributed by atoms with van der Waals surface area (Å²) in [4.78, 5) is 25.7. The largest absolute Gasteiger partial charge is 0.352 e. The Morgan fingerprint density at radius 1 is 1.05 bits per heavy atom. The van der Waals surface area contributed by atoms with E-state index < -0.39 is 0 Å². The van der Waals surface area contributed by atoms with Crippen molar-refractivity contribution in [2.75, 3.05) is 13.1 Å². The SMILES string of the molecule is CCCN(CCC)C(=O)CC(=O)NCc1ccc(C)cc1. The summed E-state index contributed by atoms with van der Waals surface area (Å²) in [6, 6.07) is 7.99. The van der Waals surface area contributed by atoms with Gasteiger partial charge in [-0.25, -0.2) is 0 Å². The van der Waals surface area contributed by atoms with Crippen LogP contribution in [0, 0.1) is 6.92 Å². The molecule has 0 atom stereocenters. The summed E-state index contributed by atoms with van der Waals surface area (Å²) in [6.45, 7) is 8.00. The van der Waals surface area contributed by atoms with E-state index in [2.05, 4.69) is 5.32 Å². The Morgan fingerprint density at radius 2 is 1.62 bits per heavy atom. The van der Waals surface area contributed by atoms with Crippen molar-refractivity contribution in [3.05, 3.63) is 35.4 Å². The van der Waals surface area contributed by atoms with Gasteiger partial charge in [-0.3, -0.25) is 9.59 Å². The van der Waals surface area contributed by atoms with Gasteiger partial charge in [-0.2, -0.15) is 0 Å². The molecule has 0 fully saturated rings. The highest BCUT2D eigenvalue weighted by atomic mass is 16.2. The summed E-state index contributed by atoms with van der Waals surface area (Å²) in [5, 5.41) is 2.80. The van der Waals surface area contributed by atoms with E-state index in [1.54, 1.807) is 4.90 Å². The Kier molecular flexibility index (Phi) is 7.51. The van der Waals surface area contributed by atoms with Gasteiger partial charge in [-0.15, -0.1) is 0 Å². The summed E-state index contributed by atoms with van der Waals surface area (Å²) in [6.07, 6.45) is 1.76. The summed E-state index contributed by atoms with van der Waals surface area (Å²) in [5.41, 5.74) is 2.23. The number of benzene rings is 1. The van der Waals surface area contributed by atoms with Crippen molar-refractivity contribution in [2.24, 2.45) is 0 Å². The summed E-state index contributed by atoms with van der Waals surface area (Å²) < 4.78 is 0. The van der Waals surface area contributed by atoms with Crippen LogP contribution in [0.2, 0.25) is 0 Å². The fourth-order valence-corrected chi connectivity index (χ4v) is 2.12. The van der Waals surface area contributed by atoms with Crippen LogP contribution in [0.4, 0.5) is 0 Å². The Hall–Kier alpha value is -1.84. The molecule has 0 heterocycles. The van der Waals surface area contributed by atoms with E-state index in [0.29, 0.717) is 6.54 Å². The molecule has 0 aliphatic rings. The smallest absolute Gasteiger partial charge is 0.232 e. The molecule has 0 radical (unpaired) electrons. The number of hydrogen-bond acceptors (Lipinski definition) is 2. The molecule has 4 nitrogen and oxygen atoms in total. The number of aryl methyl sites for hydroxylation is 1. The van der Waals surface area contributed by atoms with Crippen LogP contribution in [0.3, 0.4) is 0 Å². The van der Waals surface area contributed by atoms with Crippen LogP contribution in [0.25, 0.3) is 0 Å². The molecule has 1 aromatic carbocycles. The van der Waals surface area contributed by atoms with Crippen molar-refractivity contribution in [1.29, 1.82) is 0 Å². The lowest BCUT2D eigenvalue weighted by molar-refractivity contribution is -0.136. The number of rotatable bonds is 8. The molecule has 1 rings (SSSR count). The normalized spacial score (nSPS) is 10.2. The summed E-state index contributed by atoms with van der Waals surface area (Å²) in [5.74, 6) is -0.294. The van der Waals surface area contributed by atoms with E-state index in [1.807, 2.05) is 45.0 Å².